The van der Waals surface area contributed by atoms with Crippen LogP contribution in [0.25, 0.3) is 11.1 Å². The van der Waals surface area contributed by atoms with Gasteiger partial charge >= 0.3 is 5.97 Å². The van der Waals surface area contributed by atoms with Crippen LogP contribution in [-0.4, -0.2) is 68.0 Å². The highest BCUT2D eigenvalue weighted by molar-refractivity contribution is 5.71. The van der Waals surface area contributed by atoms with Gasteiger partial charge in [-0.05, 0) is 17.2 Å². The number of anilines is 1. The Balaban J connectivity index is 1.65. The Kier molecular flexibility index (Phi) is 6.14. The molecule has 7 nitrogen and oxygen atoms in total. The molecule has 1 aromatic heterocycles. The summed E-state index contributed by atoms with van der Waals surface area (Å²) in [6.07, 6.45) is 1.78. The minimum atomic E-state index is -0.197. The summed E-state index contributed by atoms with van der Waals surface area (Å²) in [5.74, 6) is 0.665. The van der Waals surface area contributed by atoms with Crippen LogP contribution in [-0.2, 0) is 20.9 Å². The van der Waals surface area contributed by atoms with Gasteiger partial charge < -0.3 is 14.4 Å². The highest BCUT2D eigenvalue weighted by atomic mass is 16.5. The van der Waals surface area contributed by atoms with E-state index in [2.05, 4.69) is 50.3 Å². The summed E-state index contributed by atoms with van der Waals surface area (Å²) >= 11 is 0. The van der Waals surface area contributed by atoms with Crippen molar-refractivity contribution in [3.8, 4) is 11.1 Å². The summed E-state index contributed by atoms with van der Waals surface area (Å²) in [4.78, 5) is 15.7. The van der Waals surface area contributed by atoms with Crippen molar-refractivity contribution in [1.82, 2.24) is 15.1 Å². The Morgan fingerprint density at radius 2 is 1.81 bits per heavy atom. The number of methoxy groups -OCH3 is 2. The lowest BCUT2D eigenvalue weighted by molar-refractivity contribution is -0.142. The van der Waals surface area contributed by atoms with Crippen LogP contribution in [0.4, 0.5) is 5.82 Å². The van der Waals surface area contributed by atoms with Crippen molar-refractivity contribution in [3.63, 3.8) is 0 Å². The van der Waals surface area contributed by atoms with E-state index in [9.17, 15) is 4.79 Å². The van der Waals surface area contributed by atoms with Crippen LogP contribution in [0.1, 0.15) is 5.56 Å². The molecule has 26 heavy (non-hydrogen) atoms. The van der Waals surface area contributed by atoms with E-state index in [1.54, 1.807) is 13.3 Å². The number of esters is 1. The fourth-order valence-corrected chi connectivity index (χ4v) is 3.01. The molecule has 1 aliphatic heterocycles. The van der Waals surface area contributed by atoms with Crippen LogP contribution >= 0.6 is 0 Å². The Bertz CT molecular complexity index is 728. The topological polar surface area (TPSA) is 67.8 Å². The van der Waals surface area contributed by atoms with E-state index in [0.717, 1.165) is 48.7 Å². The number of hydrogen-bond acceptors (Lipinski definition) is 7. The van der Waals surface area contributed by atoms with Crippen molar-refractivity contribution in [2.45, 2.75) is 6.61 Å². The molecule has 7 heteroatoms. The van der Waals surface area contributed by atoms with Gasteiger partial charge in [-0.25, -0.2) is 0 Å². The van der Waals surface area contributed by atoms with E-state index in [4.69, 9.17) is 9.47 Å². The summed E-state index contributed by atoms with van der Waals surface area (Å²) in [6.45, 7) is 4.16. The fraction of sp³-hybridized carbons (Fsp3) is 0.421. The Labute approximate surface area is 153 Å². The Hall–Kier alpha value is -2.51. The van der Waals surface area contributed by atoms with Gasteiger partial charge in [0, 0.05) is 38.9 Å². The first-order valence-electron chi connectivity index (χ1n) is 8.64. The molecule has 2 aromatic rings. The number of carbonyl (C=O) groups excluding carboxylic acids is 1. The molecule has 3 rings (SSSR count). The van der Waals surface area contributed by atoms with Crippen LogP contribution in [0.2, 0.25) is 0 Å². The third kappa shape index (κ3) is 4.56. The number of carbonyl (C=O) groups is 1. The van der Waals surface area contributed by atoms with E-state index in [-0.39, 0.29) is 5.97 Å². The number of ether oxygens (including phenoxy) is 2. The smallest absolute Gasteiger partial charge is 0.319 e. The monoisotopic (exact) mass is 356 g/mol. The van der Waals surface area contributed by atoms with Crippen LogP contribution in [0.15, 0.2) is 36.5 Å². The van der Waals surface area contributed by atoms with Gasteiger partial charge in [-0.2, -0.15) is 5.10 Å². The van der Waals surface area contributed by atoms with E-state index >= 15 is 0 Å². The summed E-state index contributed by atoms with van der Waals surface area (Å²) in [5.41, 5.74) is 3.28. The minimum Gasteiger partial charge on any atom is -0.468 e. The highest BCUT2D eigenvalue weighted by Gasteiger charge is 2.20. The second-order valence-corrected chi connectivity index (χ2v) is 6.27. The molecule has 0 saturated carbocycles. The summed E-state index contributed by atoms with van der Waals surface area (Å²) in [5, 5.41) is 8.46. The lowest BCUT2D eigenvalue weighted by atomic mass is 10.1. The molecule has 1 aromatic carbocycles. The summed E-state index contributed by atoms with van der Waals surface area (Å²) < 4.78 is 9.88. The molecule has 0 unspecified atom stereocenters. The molecule has 0 N–H and O–H groups in total. The van der Waals surface area contributed by atoms with Crippen LogP contribution in [0, 0.1) is 0 Å². The highest BCUT2D eigenvalue weighted by Crippen LogP contribution is 2.23. The first kappa shape index (κ1) is 18.3. The number of rotatable bonds is 6. The van der Waals surface area contributed by atoms with Gasteiger partial charge in [0.15, 0.2) is 5.82 Å². The maximum atomic E-state index is 11.4. The molecular weight excluding hydrogens is 332 g/mol. The average Bonchev–Trinajstić information content (AvgIpc) is 2.69. The molecule has 1 saturated heterocycles. The van der Waals surface area contributed by atoms with Gasteiger partial charge in [-0.3, -0.25) is 9.69 Å². The zero-order chi connectivity index (χ0) is 18.4. The van der Waals surface area contributed by atoms with Gasteiger partial charge in [0.2, 0.25) is 0 Å². The quantitative estimate of drug-likeness (QED) is 0.728. The van der Waals surface area contributed by atoms with E-state index < -0.39 is 0 Å². The predicted octanol–water partition coefficient (Wildman–Crippen LogP) is 1.58. The van der Waals surface area contributed by atoms with E-state index in [1.807, 2.05) is 0 Å². The second-order valence-electron chi connectivity index (χ2n) is 6.27. The standard InChI is InChI=1S/C19H24N4O3/c1-25-14-15-3-5-16(6-4-15)17-11-18(21-20-12-17)23-9-7-22(8-10-23)13-19(24)26-2/h3-6,11-12H,7-10,13-14H2,1-2H3. The van der Waals surface area contributed by atoms with Crippen LogP contribution < -0.4 is 4.90 Å². The van der Waals surface area contributed by atoms with Crippen molar-refractivity contribution in [3.05, 3.63) is 42.1 Å². The maximum absolute atomic E-state index is 11.4. The SMILES string of the molecule is COCc1ccc(-c2cnnc(N3CCN(CC(=O)OC)CC3)c2)cc1. The predicted molar refractivity (Wildman–Crippen MR) is 98.9 cm³/mol. The van der Waals surface area contributed by atoms with E-state index in [0.29, 0.717) is 13.2 Å². The molecule has 0 spiro atoms. The van der Waals surface area contributed by atoms with Gasteiger partial charge in [-0.15, -0.1) is 5.10 Å². The molecule has 138 valence electrons. The van der Waals surface area contributed by atoms with Gasteiger partial charge in [-0.1, -0.05) is 24.3 Å². The van der Waals surface area contributed by atoms with Crippen LogP contribution in [0.5, 0.6) is 0 Å². The van der Waals surface area contributed by atoms with Crippen molar-refractivity contribution >= 4 is 11.8 Å². The average molecular weight is 356 g/mol. The van der Waals surface area contributed by atoms with Gasteiger partial charge in [0.05, 0.1) is 26.5 Å². The molecule has 0 atom stereocenters. The van der Waals surface area contributed by atoms with Crippen molar-refractivity contribution in [2.24, 2.45) is 0 Å². The maximum Gasteiger partial charge on any atom is 0.319 e. The Morgan fingerprint density at radius 1 is 1.08 bits per heavy atom. The molecule has 0 aliphatic carbocycles. The first-order valence-corrected chi connectivity index (χ1v) is 8.64. The van der Waals surface area contributed by atoms with Crippen LogP contribution in [0.3, 0.4) is 0 Å². The molecule has 2 heterocycles. The molecular formula is C19H24N4O3. The zero-order valence-corrected chi connectivity index (χ0v) is 15.2. The molecule has 1 aliphatic rings. The molecule has 0 bridgehead atoms. The minimum absolute atomic E-state index is 0.197. The number of nitrogens with zero attached hydrogens (tertiary/aromatic N) is 4. The Morgan fingerprint density at radius 3 is 2.46 bits per heavy atom. The largest absolute Gasteiger partial charge is 0.468 e. The number of hydrogen-bond donors (Lipinski definition) is 0. The fourth-order valence-electron chi connectivity index (χ4n) is 3.01. The van der Waals surface area contributed by atoms with Crippen molar-refractivity contribution in [1.29, 1.82) is 0 Å². The first-order chi connectivity index (χ1) is 12.7. The van der Waals surface area contributed by atoms with Crippen molar-refractivity contribution in [2.75, 3.05) is 51.8 Å². The summed E-state index contributed by atoms with van der Waals surface area (Å²) in [6, 6.07) is 10.3. The molecule has 0 radical (unpaired) electrons. The van der Waals surface area contributed by atoms with Gasteiger partial charge in [0.1, 0.15) is 0 Å². The normalized spacial score (nSPS) is 15.1. The second kappa shape index (κ2) is 8.73. The van der Waals surface area contributed by atoms with E-state index in [1.165, 1.54) is 7.11 Å². The van der Waals surface area contributed by atoms with Gasteiger partial charge in [0.25, 0.3) is 0 Å². The molecule has 1 fully saturated rings. The van der Waals surface area contributed by atoms with Crippen molar-refractivity contribution < 1.29 is 14.3 Å². The third-order valence-electron chi connectivity index (χ3n) is 4.52. The number of benzene rings is 1. The summed E-state index contributed by atoms with van der Waals surface area (Å²) in [7, 11) is 3.11. The lowest BCUT2D eigenvalue weighted by Crippen LogP contribution is -2.48. The zero-order valence-electron chi connectivity index (χ0n) is 15.2. The molecule has 0 amide bonds. The lowest BCUT2D eigenvalue weighted by Gasteiger charge is -2.34. The third-order valence-corrected chi connectivity index (χ3v) is 4.52. The number of piperazine rings is 1. The number of aromatic nitrogens is 2.